The van der Waals surface area contributed by atoms with Gasteiger partial charge in [0.1, 0.15) is 5.75 Å². The maximum atomic E-state index is 6.26. The van der Waals surface area contributed by atoms with E-state index in [-0.39, 0.29) is 0 Å². The topological polar surface area (TPSA) is 21.3 Å². The Bertz CT molecular complexity index is 632. The summed E-state index contributed by atoms with van der Waals surface area (Å²) in [6, 6.07) is 14.4. The number of hydrogen-bond donors (Lipinski definition) is 1. The highest BCUT2D eigenvalue weighted by molar-refractivity contribution is 7.99. The van der Waals surface area contributed by atoms with Crippen LogP contribution in [0.1, 0.15) is 17.0 Å². The maximum Gasteiger partial charge on any atom is 0.125 e. The van der Waals surface area contributed by atoms with Crippen molar-refractivity contribution in [1.29, 1.82) is 0 Å². The van der Waals surface area contributed by atoms with Gasteiger partial charge in [-0.3, -0.25) is 0 Å². The summed E-state index contributed by atoms with van der Waals surface area (Å²) in [5.41, 5.74) is 2.43. The summed E-state index contributed by atoms with van der Waals surface area (Å²) in [6.07, 6.45) is 0. The minimum absolute atomic E-state index is 0.451. The minimum atomic E-state index is 0.451. The zero-order chi connectivity index (χ0) is 14.7. The Morgan fingerprint density at radius 1 is 1.24 bits per heavy atom. The summed E-state index contributed by atoms with van der Waals surface area (Å²) in [6.45, 7) is 1.41. The van der Waals surface area contributed by atoms with Crippen LogP contribution in [0.25, 0.3) is 0 Å². The molecule has 0 fully saturated rings. The lowest BCUT2D eigenvalue weighted by Crippen LogP contribution is -2.13. The van der Waals surface area contributed by atoms with E-state index in [1.165, 1.54) is 10.5 Å². The normalized spacial score (nSPS) is 16.8. The molecule has 2 aromatic rings. The van der Waals surface area contributed by atoms with Gasteiger partial charge in [-0.1, -0.05) is 35.9 Å². The Balaban J connectivity index is 1.73. The summed E-state index contributed by atoms with van der Waals surface area (Å²) in [5, 5.41) is 3.89. The van der Waals surface area contributed by atoms with Crippen LogP contribution in [0.2, 0.25) is 5.02 Å². The SMILES string of the molecule is CNCc1c(Cl)cccc1OCC1CSc2ccccc21. The van der Waals surface area contributed by atoms with E-state index in [4.69, 9.17) is 16.3 Å². The van der Waals surface area contributed by atoms with Gasteiger partial charge in [-0.15, -0.1) is 11.8 Å². The van der Waals surface area contributed by atoms with Crippen LogP contribution in [0.15, 0.2) is 47.4 Å². The van der Waals surface area contributed by atoms with Crippen LogP contribution >= 0.6 is 23.4 Å². The van der Waals surface area contributed by atoms with Gasteiger partial charge in [-0.25, -0.2) is 0 Å². The molecule has 4 heteroatoms. The van der Waals surface area contributed by atoms with Crippen molar-refractivity contribution in [3.8, 4) is 5.75 Å². The first-order valence-electron chi connectivity index (χ1n) is 7.06. The number of hydrogen-bond acceptors (Lipinski definition) is 3. The maximum absolute atomic E-state index is 6.26. The Morgan fingerprint density at radius 3 is 2.95 bits per heavy atom. The molecule has 21 heavy (non-hydrogen) atoms. The zero-order valence-corrected chi connectivity index (χ0v) is 13.5. The predicted molar refractivity (Wildman–Crippen MR) is 89.6 cm³/mol. The highest BCUT2D eigenvalue weighted by Crippen LogP contribution is 2.39. The van der Waals surface area contributed by atoms with Crippen molar-refractivity contribution in [3.63, 3.8) is 0 Å². The van der Waals surface area contributed by atoms with E-state index in [1.807, 2.05) is 37.0 Å². The van der Waals surface area contributed by atoms with Crippen LogP contribution in [0.4, 0.5) is 0 Å². The Kier molecular flexibility index (Phi) is 4.73. The fourth-order valence-corrected chi connectivity index (χ4v) is 4.05. The molecule has 3 rings (SSSR count). The first kappa shape index (κ1) is 14.8. The van der Waals surface area contributed by atoms with Crippen LogP contribution in [0, 0.1) is 0 Å². The third kappa shape index (κ3) is 3.20. The zero-order valence-electron chi connectivity index (χ0n) is 11.9. The van der Waals surface area contributed by atoms with Gasteiger partial charge in [0.05, 0.1) is 6.61 Å². The van der Waals surface area contributed by atoms with Crippen molar-refractivity contribution in [2.75, 3.05) is 19.4 Å². The second-order valence-electron chi connectivity index (χ2n) is 5.10. The van der Waals surface area contributed by atoms with Crippen LogP contribution in [0.3, 0.4) is 0 Å². The van der Waals surface area contributed by atoms with Gasteiger partial charge in [0.2, 0.25) is 0 Å². The average Bonchev–Trinajstić information content (AvgIpc) is 2.91. The Morgan fingerprint density at radius 2 is 2.10 bits per heavy atom. The van der Waals surface area contributed by atoms with Crippen molar-refractivity contribution >= 4 is 23.4 Å². The lowest BCUT2D eigenvalue weighted by molar-refractivity contribution is 0.294. The highest BCUT2D eigenvalue weighted by atomic mass is 35.5. The molecule has 0 saturated heterocycles. The fraction of sp³-hybridized carbons (Fsp3) is 0.294. The lowest BCUT2D eigenvalue weighted by Gasteiger charge is -2.16. The fourth-order valence-electron chi connectivity index (χ4n) is 2.58. The van der Waals surface area contributed by atoms with E-state index in [9.17, 15) is 0 Å². The van der Waals surface area contributed by atoms with E-state index in [2.05, 4.69) is 29.6 Å². The molecule has 1 heterocycles. The van der Waals surface area contributed by atoms with Gasteiger partial charge in [0.25, 0.3) is 0 Å². The summed E-state index contributed by atoms with van der Waals surface area (Å²) in [5.74, 6) is 2.42. The van der Waals surface area contributed by atoms with Crippen molar-refractivity contribution in [1.82, 2.24) is 5.32 Å². The van der Waals surface area contributed by atoms with E-state index in [0.29, 0.717) is 19.1 Å². The smallest absolute Gasteiger partial charge is 0.125 e. The van der Waals surface area contributed by atoms with Gasteiger partial charge in [-0.2, -0.15) is 0 Å². The molecule has 1 aliphatic rings. The van der Waals surface area contributed by atoms with Crippen LogP contribution in [-0.2, 0) is 6.54 Å². The van der Waals surface area contributed by atoms with Crippen molar-refractivity contribution in [3.05, 3.63) is 58.6 Å². The van der Waals surface area contributed by atoms with Crippen LogP contribution in [0.5, 0.6) is 5.75 Å². The van der Waals surface area contributed by atoms with E-state index in [1.54, 1.807) is 0 Å². The summed E-state index contributed by atoms with van der Waals surface area (Å²) in [4.78, 5) is 1.38. The molecule has 0 amide bonds. The van der Waals surface area contributed by atoms with Crippen LogP contribution in [-0.4, -0.2) is 19.4 Å². The quantitative estimate of drug-likeness (QED) is 0.886. The molecule has 2 nitrogen and oxygen atoms in total. The molecule has 0 saturated carbocycles. The third-order valence-electron chi connectivity index (χ3n) is 3.67. The highest BCUT2D eigenvalue weighted by Gasteiger charge is 2.23. The van der Waals surface area contributed by atoms with Gasteiger partial charge >= 0.3 is 0 Å². The third-order valence-corrected chi connectivity index (χ3v) is 5.27. The van der Waals surface area contributed by atoms with Gasteiger partial charge in [0.15, 0.2) is 0 Å². The largest absolute Gasteiger partial charge is 0.493 e. The summed E-state index contributed by atoms with van der Waals surface area (Å²) < 4.78 is 6.07. The summed E-state index contributed by atoms with van der Waals surface area (Å²) >= 11 is 8.17. The molecule has 1 unspecified atom stereocenters. The number of nitrogens with one attached hydrogen (secondary N) is 1. The number of rotatable bonds is 5. The Labute approximate surface area is 134 Å². The van der Waals surface area contributed by atoms with Gasteiger partial charge in [-0.05, 0) is 30.8 Å². The molecule has 0 radical (unpaired) electrons. The molecule has 0 aliphatic carbocycles. The number of ether oxygens (including phenoxy) is 1. The van der Waals surface area contributed by atoms with Crippen molar-refractivity contribution < 1.29 is 4.74 Å². The van der Waals surface area contributed by atoms with E-state index >= 15 is 0 Å². The summed E-state index contributed by atoms with van der Waals surface area (Å²) in [7, 11) is 1.91. The molecule has 0 aromatic heterocycles. The number of thioether (sulfide) groups is 1. The molecule has 1 atom stereocenters. The molecule has 1 aliphatic heterocycles. The molecule has 0 bridgehead atoms. The number of fused-ring (bicyclic) bond motifs is 1. The number of halogens is 1. The molecule has 0 spiro atoms. The average molecular weight is 320 g/mol. The molecular formula is C17H18ClNOS. The Hall–Kier alpha value is -1.16. The standard InChI is InChI=1S/C17H18ClNOS/c1-19-9-14-15(18)6-4-7-16(14)20-10-12-11-21-17-8-3-2-5-13(12)17/h2-8,12,19H,9-11H2,1H3. The van der Waals surface area contributed by atoms with Gasteiger partial charge < -0.3 is 10.1 Å². The van der Waals surface area contributed by atoms with Gasteiger partial charge in [0, 0.05) is 33.7 Å². The lowest BCUT2D eigenvalue weighted by atomic mass is 10.0. The van der Waals surface area contributed by atoms with Crippen molar-refractivity contribution in [2.24, 2.45) is 0 Å². The van der Waals surface area contributed by atoms with Crippen LogP contribution < -0.4 is 10.1 Å². The molecular weight excluding hydrogens is 302 g/mol. The molecule has 1 N–H and O–H groups in total. The number of benzene rings is 2. The molecule has 110 valence electrons. The first-order valence-corrected chi connectivity index (χ1v) is 8.42. The monoisotopic (exact) mass is 319 g/mol. The minimum Gasteiger partial charge on any atom is -0.493 e. The van der Waals surface area contributed by atoms with Crippen molar-refractivity contribution in [2.45, 2.75) is 17.4 Å². The van der Waals surface area contributed by atoms with E-state index < -0.39 is 0 Å². The second-order valence-corrected chi connectivity index (χ2v) is 6.57. The second kappa shape index (κ2) is 6.73. The van der Waals surface area contributed by atoms with E-state index in [0.717, 1.165) is 22.1 Å². The molecule has 2 aromatic carbocycles. The first-order chi connectivity index (χ1) is 10.3. The predicted octanol–water partition coefficient (Wildman–Crippen LogP) is 4.33.